The number of amides is 1. The molecule has 4 rings (SSSR count). The summed E-state index contributed by atoms with van der Waals surface area (Å²) in [5.41, 5.74) is -1.63. The van der Waals surface area contributed by atoms with Crippen molar-refractivity contribution >= 4 is 11.9 Å². The molecule has 0 aromatic carbocycles. The Labute approximate surface area is 117 Å². The van der Waals surface area contributed by atoms with Crippen molar-refractivity contribution in [2.45, 2.75) is 37.7 Å². The van der Waals surface area contributed by atoms with Crippen LogP contribution >= 0.6 is 0 Å². The summed E-state index contributed by atoms with van der Waals surface area (Å²) in [6.07, 6.45) is 4.24. The van der Waals surface area contributed by atoms with Crippen molar-refractivity contribution in [2.24, 2.45) is 29.6 Å². The van der Waals surface area contributed by atoms with Crippen molar-refractivity contribution in [3.8, 4) is 0 Å². The normalized spacial score (nSPS) is 44.2. The Hall–Kier alpha value is -1.10. The lowest BCUT2D eigenvalue weighted by molar-refractivity contribution is -0.165. The second kappa shape index (κ2) is 3.97. The predicted octanol–water partition coefficient (Wildman–Crippen LogP) is 0.717. The van der Waals surface area contributed by atoms with E-state index in [1.807, 2.05) is 0 Å². The monoisotopic (exact) mass is 279 g/mol. The van der Waals surface area contributed by atoms with Gasteiger partial charge in [0.15, 0.2) is 5.60 Å². The number of fused-ring (bicyclic) bond motifs is 5. The van der Waals surface area contributed by atoms with Gasteiger partial charge in [-0.15, -0.1) is 0 Å². The fourth-order valence-electron chi connectivity index (χ4n) is 5.18. The second-order valence-corrected chi connectivity index (χ2v) is 7.18. The minimum absolute atomic E-state index is 0.156. The van der Waals surface area contributed by atoms with Crippen molar-refractivity contribution < 1.29 is 19.8 Å². The summed E-state index contributed by atoms with van der Waals surface area (Å²) in [6, 6.07) is 0. The molecule has 1 aliphatic heterocycles. The SMILES string of the molecule is O=C(C1C2C3CCC(C3)C12)N1CCC(O)(C(=O)O)CC1. The molecular weight excluding hydrogens is 258 g/mol. The van der Waals surface area contributed by atoms with Gasteiger partial charge in [-0.05, 0) is 42.9 Å². The molecule has 20 heavy (non-hydrogen) atoms. The summed E-state index contributed by atoms with van der Waals surface area (Å²) in [5.74, 6) is 2.09. The number of carbonyl (C=O) groups is 2. The zero-order valence-electron chi connectivity index (χ0n) is 11.5. The van der Waals surface area contributed by atoms with Crippen molar-refractivity contribution in [3.63, 3.8) is 0 Å². The number of aliphatic carboxylic acids is 1. The first-order valence-corrected chi connectivity index (χ1v) is 7.76. The van der Waals surface area contributed by atoms with Crippen LogP contribution in [-0.4, -0.2) is 45.7 Å². The zero-order chi connectivity index (χ0) is 14.1. The third-order valence-electron chi connectivity index (χ3n) is 6.32. The first kappa shape index (κ1) is 12.6. The van der Waals surface area contributed by atoms with E-state index in [-0.39, 0.29) is 24.7 Å². The van der Waals surface area contributed by atoms with Gasteiger partial charge in [-0.25, -0.2) is 4.79 Å². The molecule has 5 heteroatoms. The van der Waals surface area contributed by atoms with Crippen LogP contribution in [0.3, 0.4) is 0 Å². The first-order valence-electron chi connectivity index (χ1n) is 7.76. The first-order chi connectivity index (χ1) is 9.51. The van der Waals surface area contributed by atoms with E-state index >= 15 is 0 Å². The minimum Gasteiger partial charge on any atom is -0.479 e. The Kier molecular flexibility index (Phi) is 2.50. The molecule has 3 saturated carbocycles. The van der Waals surface area contributed by atoms with Crippen molar-refractivity contribution in [3.05, 3.63) is 0 Å². The van der Waals surface area contributed by atoms with Crippen LogP contribution in [0.2, 0.25) is 0 Å². The van der Waals surface area contributed by atoms with Crippen LogP contribution < -0.4 is 0 Å². The molecule has 1 amide bonds. The number of hydrogen-bond donors (Lipinski definition) is 2. The maximum atomic E-state index is 12.6. The standard InChI is InChI=1S/C15H21NO4/c17-13(12-10-8-1-2-9(7-8)11(10)12)16-5-3-15(20,4-6-16)14(18)19/h8-12,20H,1-7H2,(H,18,19). The van der Waals surface area contributed by atoms with Crippen molar-refractivity contribution in [1.29, 1.82) is 0 Å². The van der Waals surface area contributed by atoms with E-state index in [4.69, 9.17) is 5.11 Å². The van der Waals surface area contributed by atoms with E-state index in [1.165, 1.54) is 19.3 Å². The van der Waals surface area contributed by atoms with Gasteiger partial charge >= 0.3 is 5.97 Å². The highest BCUT2D eigenvalue weighted by molar-refractivity contribution is 5.84. The maximum Gasteiger partial charge on any atom is 0.335 e. The highest BCUT2D eigenvalue weighted by Crippen LogP contribution is 2.69. The molecule has 4 aliphatic rings. The molecule has 4 fully saturated rings. The minimum atomic E-state index is -1.63. The predicted molar refractivity (Wildman–Crippen MR) is 69.7 cm³/mol. The molecule has 2 N–H and O–H groups in total. The van der Waals surface area contributed by atoms with E-state index in [0.29, 0.717) is 24.9 Å². The Bertz CT molecular complexity index is 452. The molecule has 1 heterocycles. The highest BCUT2D eigenvalue weighted by Gasteiger charge is 2.68. The van der Waals surface area contributed by atoms with Gasteiger partial charge in [-0.1, -0.05) is 0 Å². The molecule has 0 spiro atoms. The fraction of sp³-hybridized carbons (Fsp3) is 0.867. The number of aliphatic hydroxyl groups is 1. The van der Waals surface area contributed by atoms with Crippen LogP contribution in [0.1, 0.15) is 32.1 Å². The van der Waals surface area contributed by atoms with Gasteiger partial charge in [0.1, 0.15) is 0 Å². The Balaban J connectivity index is 1.39. The molecule has 2 bridgehead atoms. The third kappa shape index (κ3) is 1.59. The van der Waals surface area contributed by atoms with Crippen LogP contribution in [0, 0.1) is 29.6 Å². The van der Waals surface area contributed by atoms with Crippen LogP contribution in [-0.2, 0) is 9.59 Å². The number of carboxylic acid groups (broad SMARTS) is 1. The number of likely N-dealkylation sites (tertiary alicyclic amines) is 1. The molecule has 0 radical (unpaired) electrons. The van der Waals surface area contributed by atoms with Gasteiger partial charge in [0, 0.05) is 31.8 Å². The largest absolute Gasteiger partial charge is 0.479 e. The molecular formula is C15H21NO4. The van der Waals surface area contributed by atoms with Gasteiger partial charge < -0.3 is 15.1 Å². The molecule has 0 aromatic heterocycles. The van der Waals surface area contributed by atoms with Gasteiger partial charge in [-0.3, -0.25) is 4.79 Å². The smallest absolute Gasteiger partial charge is 0.335 e. The maximum absolute atomic E-state index is 12.6. The van der Waals surface area contributed by atoms with Gasteiger partial charge in [0.25, 0.3) is 0 Å². The van der Waals surface area contributed by atoms with E-state index in [9.17, 15) is 14.7 Å². The Morgan fingerprint density at radius 2 is 1.60 bits per heavy atom. The Morgan fingerprint density at radius 3 is 2.10 bits per heavy atom. The Morgan fingerprint density at radius 1 is 1.05 bits per heavy atom. The molecule has 0 aromatic rings. The summed E-state index contributed by atoms with van der Waals surface area (Å²) >= 11 is 0. The fourth-order valence-corrected chi connectivity index (χ4v) is 5.18. The quantitative estimate of drug-likeness (QED) is 0.780. The van der Waals surface area contributed by atoms with Crippen molar-refractivity contribution in [1.82, 2.24) is 4.90 Å². The lowest BCUT2D eigenvalue weighted by Gasteiger charge is -2.35. The molecule has 1 saturated heterocycles. The lowest BCUT2D eigenvalue weighted by Crippen LogP contribution is -2.51. The van der Waals surface area contributed by atoms with Gasteiger partial charge in [-0.2, -0.15) is 0 Å². The molecule has 4 atom stereocenters. The molecule has 4 unspecified atom stereocenters. The summed E-state index contributed by atoms with van der Waals surface area (Å²) in [4.78, 5) is 25.4. The number of nitrogens with zero attached hydrogens (tertiary/aromatic N) is 1. The zero-order valence-corrected chi connectivity index (χ0v) is 11.5. The van der Waals surface area contributed by atoms with Crippen LogP contribution in [0.25, 0.3) is 0 Å². The summed E-state index contributed by atoms with van der Waals surface area (Å²) in [7, 11) is 0. The average molecular weight is 279 g/mol. The van der Waals surface area contributed by atoms with E-state index in [1.54, 1.807) is 4.90 Å². The van der Waals surface area contributed by atoms with E-state index < -0.39 is 11.6 Å². The lowest BCUT2D eigenvalue weighted by atomic mass is 9.91. The highest BCUT2D eigenvalue weighted by atomic mass is 16.4. The van der Waals surface area contributed by atoms with Crippen LogP contribution in [0.5, 0.6) is 0 Å². The molecule has 3 aliphatic carbocycles. The molecule has 110 valence electrons. The number of rotatable bonds is 2. The number of hydrogen-bond acceptors (Lipinski definition) is 3. The van der Waals surface area contributed by atoms with E-state index in [2.05, 4.69) is 0 Å². The van der Waals surface area contributed by atoms with Gasteiger partial charge in [0.2, 0.25) is 5.91 Å². The van der Waals surface area contributed by atoms with Crippen molar-refractivity contribution in [2.75, 3.05) is 13.1 Å². The number of carbonyl (C=O) groups excluding carboxylic acids is 1. The van der Waals surface area contributed by atoms with Gasteiger partial charge in [0.05, 0.1) is 0 Å². The molecule has 5 nitrogen and oxygen atoms in total. The number of carboxylic acids is 1. The topological polar surface area (TPSA) is 77.8 Å². The van der Waals surface area contributed by atoms with Crippen LogP contribution in [0.15, 0.2) is 0 Å². The summed E-state index contributed by atoms with van der Waals surface area (Å²) in [6.45, 7) is 0.764. The third-order valence-corrected chi connectivity index (χ3v) is 6.32. The second-order valence-electron chi connectivity index (χ2n) is 7.18. The summed E-state index contributed by atoms with van der Waals surface area (Å²) in [5, 5.41) is 18.9. The summed E-state index contributed by atoms with van der Waals surface area (Å²) < 4.78 is 0. The van der Waals surface area contributed by atoms with Crippen LogP contribution in [0.4, 0.5) is 0 Å². The van der Waals surface area contributed by atoms with E-state index in [0.717, 1.165) is 11.8 Å². The average Bonchev–Trinajstić information content (AvgIpc) is 2.86. The number of piperidine rings is 1.